The summed E-state index contributed by atoms with van der Waals surface area (Å²) in [4.78, 5) is 6.04. The molecule has 3 rings (SSSR count). The van der Waals surface area contributed by atoms with Gasteiger partial charge in [0.15, 0.2) is 5.96 Å². The van der Waals surface area contributed by atoms with Gasteiger partial charge in [-0.15, -0.1) is 11.3 Å². The number of thiophene rings is 1. The van der Waals surface area contributed by atoms with E-state index in [9.17, 15) is 0 Å². The lowest BCUT2D eigenvalue weighted by molar-refractivity contribution is 0.427. The number of anilines is 1. The van der Waals surface area contributed by atoms with Crippen LogP contribution in [0, 0.1) is 6.92 Å². The third-order valence-corrected chi connectivity index (χ3v) is 5.06. The SMILES string of the molecule is CNC1(C)C=C(Nc2ccc(C)cc2)NC(=NCCc2cccs2)N1. The van der Waals surface area contributed by atoms with Gasteiger partial charge in [-0.2, -0.15) is 0 Å². The molecule has 1 aliphatic heterocycles. The van der Waals surface area contributed by atoms with Crippen LogP contribution in [0.5, 0.6) is 0 Å². The zero-order valence-electron chi connectivity index (χ0n) is 14.9. The van der Waals surface area contributed by atoms with Crippen LogP contribution in [-0.2, 0) is 6.42 Å². The standard InChI is InChI=1S/C19H25N5S/c1-14-6-8-15(9-7-14)22-17-13-19(2,20-3)24-18(23-17)21-11-10-16-5-4-12-25-16/h4-9,12-13,20,22H,10-11H2,1-3H3,(H2,21,23,24). The summed E-state index contributed by atoms with van der Waals surface area (Å²) in [6.07, 6.45) is 3.04. The van der Waals surface area contributed by atoms with E-state index in [-0.39, 0.29) is 5.66 Å². The third kappa shape index (κ3) is 4.84. The van der Waals surface area contributed by atoms with Crippen LogP contribution in [0.2, 0.25) is 0 Å². The first-order chi connectivity index (χ1) is 12.1. The molecule has 4 N–H and O–H groups in total. The molecule has 1 aromatic heterocycles. The molecule has 1 aromatic carbocycles. The number of hydrogen-bond donors (Lipinski definition) is 4. The van der Waals surface area contributed by atoms with Gasteiger partial charge >= 0.3 is 0 Å². The van der Waals surface area contributed by atoms with Crippen molar-refractivity contribution in [2.75, 3.05) is 18.9 Å². The van der Waals surface area contributed by atoms with Crippen LogP contribution in [0.3, 0.4) is 0 Å². The van der Waals surface area contributed by atoms with Crippen molar-refractivity contribution in [3.8, 4) is 0 Å². The average Bonchev–Trinajstić information content (AvgIpc) is 3.10. The number of nitrogens with one attached hydrogen (secondary N) is 4. The highest BCUT2D eigenvalue weighted by Crippen LogP contribution is 2.15. The number of aryl methyl sites for hydroxylation is 1. The molecule has 0 bridgehead atoms. The Kier molecular flexibility index (Phi) is 5.40. The van der Waals surface area contributed by atoms with Crippen molar-refractivity contribution < 1.29 is 0 Å². The lowest BCUT2D eigenvalue weighted by atomic mass is 10.1. The Morgan fingerprint density at radius 3 is 2.68 bits per heavy atom. The minimum absolute atomic E-state index is 0.361. The van der Waals surface area contributed by atoms with Gasteiger partial charge in [0.2, 0.25) is 0 Å². The van der Waals surface area contributed by atoms with Crippen LogP contribution in [0.15, 0.2) is 58.7 Å². The van der Waals surface area contributed by atoms with E-state index < -0.39 is 0 Å². The molecule has 0 aliphatic carbocycles. The lowest BCUT2D eigenvalue weighted by Gasteiger charge is -2.35. The van der Waals surface area contributed by atoms with E-state index >= 15 is 0 Å². The zero-order valence-corrected chi connectivity index (χ0v) is 15.7. The minimum Gasteiger partial charge on any atom is -0.342 e. The summed E-state index contributed by atoms with van der Waals surface area (Å²) in [5, 5.41) is 15.6. The summed E-state index contributed by atoms with van der Waals surface area (Å²) < 4.78 is 0. The van der Waals surface area contributed by atoms with Crippen molar-refractivity contribution in [2.45, 2.75) is 25.9 Å². The molecule has 0 amide bonds. The molecule has 1 atom stereocenters. The number of rotatable bonds is 6. The Balaban J connectivity index is 1.70. The summed E-state index contributed by atoms with van der Waals surface area (Å²) in [6, 6.07) is 12.6. The number of hydrogen-bond acceptors (Lipinski definition) is 4. The lowest BCUT2D eigenvalue weighted by Crippen LogP contribution is -2.61. The highest BCUT2D eigenvalue weighted by molar-refractivity contribution is 7.09. The Bertz CT molecular complexity index is 749. The number of aliphatic imine (C=N–C) groups is 1. The van der Waals surface area contributed by atoms with Crippen LogP contribution in [0.4, 0.5) is 5.69 Å². The molecular formula is C19H25N5S. The first kappa shape index (κ1) is 17.5. The molecule has 0 fully saturated rings. The van der Waals surface area contributed by atoms with Gasteiger partial charge in [0, 0.05) is 23.5 Å². The topological polar surface area (TPSA) is 60.5 Å². The fourth-order valence-electron chi connectivity index (χ4n) is 2.57. The second-order valence-corrected chi connectivity index (χ2v) is 7.34. The molecule has 2 aromatic rings. The molecule has 0 radical (unpaired) electrons. The van der Waals surface area contributed by atoms with Crippen molar-refractivity contribution in [3.05, 3.63) is 64.1 Å². The fraction of sp³-hybridized carbons (Fsp3) is 0.316. The van der Waals surface area contributed by atoms with Crippen molar-refractivity contribution in [1.82, 2.24) is 16.0 Å². The van der Waals surface area contributed by atoms with E-state index in [2.05, 4.69) is 88.0 Å². The van der Waals surface area contributed by atoms with Crippen molar-refractivity contribution in [3.63, 3.8) is 0 Å². The van der Waals surface area contributed by atoms with Gasteiger partial charge in [-0.25, -0.2) is 0 Å². The third-order valence-electron chi connectivity index (χ3n) is 4.12. The number of likely N-dealkylation sites (N-methyl/N-ethyl adjacent to an activating group) is 1. The molecule has 6 heteroatoms. The smallest absolute Gasteiger partial charge is 0.198 e. The second-order valence-electron chi connectivity index (χ2n) is 6.31. The van der Waals surface area contributed by atoms with Gasteiger partial charge in [0.05, 0.1) is 0 Å². The first-order valence-corrected chi connectivity index (χ1v) is 9.32. The molecule has 25 heavy (non-hydrogen) atoms. The van der Waals surface area contributed by atoms with E-state index in [0.717, 1.165) is 30.4 Å². The van der Waals surface area contributed by atoms with E-state index in [4.69, 9.17) is 0 Å². The molecule has 0 saturated heterocycles. The number of nitrogens with zero attached hydrogens (tertiary/aromatic N) is 1. The predicted molar refractivity (Wildman–Crippen MR) is 107 cm³/mol. The molecule has 2 heterocycles. The summed E-state index contributed by atoms with van der Waals surface area (Å²) in [5.74, 6) is 1.68. The summed E-state index contributed by atoms with van der Waals surface area (Å²) >= 11 is 1.77. The Morgan fingerprint density at radius 1 is 1.20 bits per heavy atom. The van der Waals surface area contributed by atoms with E-state index in [0.29, 0.717) is 0 Å². The van der Waals surface area contributed by atoms with Crippen molar-refractivity contribution in [1.29, 1.82) is 0 Å². The normalized spacial score (nSPS) is 21.4. The Labute approximate surface area is 153 Å². The van der Waals surface area contributed by atoms with E-state index in [1.807, 2.05) is 7.05 Å². The number of benzene rings is 1. The Hall–Kier alpha value is -2.31. The average molecular weight is 356 g/mol. The maximum atomic E-state index is 4.69. The van der Waals surface area contributed by atoms with Gasteiger partial charge in [-0.3, -0.25) is 10.3 Å². The second kappa shape index (κ2) is 7.72. The minimum atomic E-state index is -0.361. The summed E-state index contributed by atoms with van der Waals surface area (Å²) in [6.45, 7) is 4.91. The molecule has 0 spiro atoms. The van der Waals surface area contributed by atoms with Crippen molar-refractivity contribution >= 4 is 23.0 Å². The van der Waals surface area contributed by atoms with Crippen LogP contribution in [-0.4, -0.2) is 25.2 Å². The van der Waals surface area contributed by atoms with Gasteiger partial charge in [-0.1, -0.05) is 23.8 Å². The number of guanidine groups is 1. The van der Waals surface area contributed by atoms with Gasteiger partial charge < -0.3 is 16.0 Å². The maximum absolute atomic E-state index is 4.69. The van der Waals surface area contributed by atoms with E-state index in [1.54, 1.807) is 11.3 Å². The van der Waals surface area contributed by atoms with E-state index in [1.165, 1.54) is 10.4 Å². The largest absolute Gasteiger partial charge is 0.342 e. The Morgan fingerprint density at radius 2 is 2.00 bits per heavy atom. The quantitative estimate of drug-likeness (QED) is 0.643. The summed E-state index contributed by atoms with van der Waals surface area (Å²) in [7, 11) is 1.93. The van der Waals surface area contributed by atoms with Gasteiger partial charge in [-0.05, 0) is 50.6 Å². The van der Waals surface area contributed by atoms with Crippen LogP contribution >= 0.6 is 11.3 Å². The van der Waals surface area contributed by atoms with Crippen LogP contribution in [0.25, 0.3) is 0 Å². The monoisotopic (exact) mass is 355 g/mol. The van der Waals surface area contributed by atoms with Crippen LogP contribution < -0.4 is 21.3 Å². The zero-order chi connectivity index (χ0) is 17.7. The van der Waals surface area contributed by atoms with Gasteiger partial charge in [0.1, 0.15) is 11.5 Å². The first-order valence-electron chi connectivity index (χ1n) is 8.44. The highest BCUT2D eigenvalue weighted by atomic mass is 32.1. The molecule has 5 nitrogen and oxygen atoms in total. The molecule has 132 valence electrons. The van der Waals surface area contributed by atoms with Gasteiger partial charge in [0.25, 0.3) is 0 Å². The summed E-state index contributed by atoms with van der Waals surface area (Å²) in [5.41, 5.74) is 1.93. The predicted octanol–water partition coefficient (Wildman–Crippen LogP) is 3.04. The molecule has 1 unspecified atom stereocenters. The highest BCUT2D eigenvalue weighted by Gasteiger charge is 2.26. The maximum Gasteiger partial charge on any atom is 0.198 e. The van der Waals surface area contributed by atoms with Crippen LogP contribution in [0.1, 0.15) is 17.4 Å². The van der Waals surface area contributed by atoms with Crippen molar-refractivity contribution in [2.24, 2.45) is 4.99 Å². The molecule has 0 saturated carbocycles. The molecular weight excluding hydrogens is 330 g/mol. The fourth-order valence-corrected chi connectivity index (χ4v) is 3.27. The molecule has 1 aliphatic rings.